The fourth-order valence-corrected chi connectivity index (χ4v) is 3.48. The van der Waals surface area contributed by atoms with Crippen LogP contribution in [0.15, 0.2) is 48.2 Å². The number of anilines is 1. The zero-order chi connectivity index (χ0) is 21.1. The first-order valence-corrected chi connectivity index (χ1v) is 9.23. The number of benzene rings is 2. The van der Waals surface area contributed by atoms with E-state index in [1.807, 2.05) is 0 Å². The number of hydrogen-bond acceptors (Lipinski definition) is 4. The summed E-state index contributed by atoms with van der Waals surface area (Å²) < 4.78 is 5.45. The van der Waals surface area contributed by atoms with Crippen LogP contribution in [0.1, 0.15) is 23.1 Å². The lowest BCUT2D eigenvalue weighted by Gasteiger charge is -2.17. The molecule has 1 aliphatic heterocycles. The lowest BCUT2D eigenvalue weighted by Crippen LogP contribution is -2.26. The summed E-state index contributed by atoms with van der Waals surface area (Å²) in [5.74, 6) is -0.689. The van der Waals surface area contributed by atoms with Crippen LogP contribution < -0.4 is 10.6 Å². The van der Waals surface area contributed by atoms with Gasteiger partial charge in [-0.15, -0.1) is 0 Å². The van der Waals surface area contributed by atoms with Crippen LogP contribution >= 0.6 is 11.6 Å². The first kappa shape index (κ1) is 20.4. The fraction of sp³-hybridized carbons (Fsp3) is 0.190. The third-order valence-electron chi connectivity index (χ3n) is 4.71. The van der Waals surface area contributed by atoms with Gasteiger partial charge >= 0.3 is 5.97 Å². The summed E-state index contributed by atoms with van der Waals surface area (Å²) in [6.07, 6.45) is 0.360. The molecular formula is C21H20ClN3O4. The molecule has 2 aromatic rings. The minimum atomic E-state index is -0.882. The third kappa shape index (κ3) is 4.25. The van der Waals surface area contributed by atoms with Gasteiger partial charge in [-0.05, 0) is 42.3 Å². The zero-order valence-electron chi connectivity index (χ0n) is 15.7. The SMILES string of the molecule is COC1=C(c2ccc(CCC(=O)O)cc2Cl)C(=O)N(c2ccc(C(=N)N)cc2)C1. The Bertz CT molecular complexity index is 1020. The number of ether oxygens (including phenoxy) is 1. The van der Waals surface area contributed by atoms with Crippen LogP contribution in [0.25, 0.3) is 5.57 Å². The van der Waals surface area contributed by atoms with E-state index in [4.69, 9.17) is 32.6 Å². The molecule has 0 aliphatic carbocycles. The van der Waals surface area contributed by atoms with Crippen molar-refractivity contribution < 1.29 is 19.4 Å². The number of carbonyl (C=O) groups is 2. The summed E-state index contributed by atoms with van der Waals surface area (Å²) in [4.78, 5) is 25.5. The van der Waals surface area contributed by atoms with E-state index in [9.17, 15) is 9.59 Å². The first-order chi connectivity index (χ1) is 13.8. The number of carboxylic acid groups (broad SMARTS) is 1. The number of amidine groups is 1. The summed E-state index contributed by atoms with van der Waals surface area (Å²) in [7, 11) is 1.50. The van der Waals surface area contributed by atoms with Gasteiger partial charge in [0.05, 0.1) is 19.2 Å². The molecule has 1 amide bonds. The van der Waals surface area contributed by atoms with Crippen molar-refractivity contribution in [2.75, 3.05) is 18.6 Å². The van der Waals surface area contributed by atoms with Gasteiger partial charge in [-0.2, -0.15) is 0 Å². The first-order valence-electron chi connectivity index (χ1n) is 8.86. The van der Waals surface area contributed by atoms with Crippen molar-refractivity contribution in [1.82, 2.24) is 0 Å². The highest BCUT2D eigenvalue weighted by Gasteiger charge is 2.34. The topological polar surface area (TPSA) is 117 Å². The maximum Gasteiger partial charge on any atom is 0.303 e. The van der Waals surface area contributed by atoms with Crippen LogP contribution in [0.2, 0.25) is 5.02 Å². The van der Waals surface area contributed by atoms with Crippen molar-refractivity contribution in [2.45, 2.75) is 12.8 Å². The molecule has 3 rings (SSSR count). The molecule has 1 aliphatic rings. The molecule has 8 heteroatoms. The molecule has 29 heavy (non-hydrogen) atoms. The number of halogens is 1. The minimum Gasteiger partial charge on any atom is -0.498 e. The maximum absolute atomic E-state index is 13.1. The number of aryl methyl sites for hydroxylation is 1. The van der Waals surface area contributed by atoms with E-state index < -0.39 is 5.97 Å². The van der Waals surface area contributed by atoms with Gasteiger partial charge in [0.2, 0.25) is 0 Å². The zero-order valence-corrected chi connectivity index (χ0v) is 16.5. The summed E-state index contributed by atoms with van der Waals surface area (Å²) in [6, 6.07) is 12.0. The van der Waals surface area contributed by atoms with Crippen molar-refractivity contribution in [2.24, 2.45) is 5.73 Å². The number of nitrogen functional groups attached to an aromatic ring is 1. The molecule has 7 nitrogen and oxygen atoms in total. The van der Waals surface area contributed by atoms with E-state index >= 15 is 0 Å². The summed E-state index contributed by atoms with van der Waals surface area (Å²) in [5, 5.41) is 16.7. The molecule has 0 radical (unpaired) electrons. The highest BCUT2D eigenvalue weighted by atomic mass is 35.5. The van der Waals surface area contributed by atoms with Gasteiger partial charge in [0, 0.05) is 28.3 Å². The smallest absolute Gasteiger partial charge is 0.303 e. The predicted molar refractivity (Wildman–Crippen MR) is 111 cm³/mol. The molecule has 0 aromatic heterocycles. The number of carboxylic acids is 1. The van der Waals surface area contributed by atoms with E-state index in [0.29, 0.717) is 39.6 Å². The van der Waals surface area contributed by atoms with E-state index in [-0.39, 0.29) is 24.7 Å². The standard InChI is InChI=1S/C21H20ClN3O4/c1-29-17-11-25(14-6-4-13(5-7-14)20(23)24)21(28)19(17)15-8-2-12(10-16(15)22)3-9-18(26)27/h2,4-8,10H,3,9,11H2,1H3,(H3,23,24)(H,26,27). The number of carbonyl (C=O) groups excluding carboxylic acids is 1. The molecular weight excluding hydrogens is 394 g/mol. The van der Waals surface area contributed by atoms with Crippen molar-refractivity contribution in [3.05, 3.63) is 69.9 Å². The molecule has 0 atom stereocenters. The average molecular weight is 414 g/mol. The maximum atomic E-state index is 13.1. The number of amides is 1. The van der Waals surface area contributed by atoms with Crippen LogP contribution in [0.3, 0.4) is 0 Å². The number of rotatable bonds is 7. The van der Waals surface area contributed by atoms with Crippen molar-refractivity contribution in [3.63, 3.8) is 0 Å². The Hall–Kier alpha value is -3.32. The summed E-state index contributed by atoms with van der Waals surface area (Å²) in [6.45, 7) is 0.251. The molecule has 0 fully saturated rings. The number of nitrogens with one attached hydrogen (secondary N) is 1. The number of methoxy groups -OCH3 is 1. The van der Waals surface area contributed by atoms with E-state index in [1.165, 1.54) is 7.11 Å². The molecule has 150 valence electrons. The quantitative estimate of drug-likeness (QED) is 0.476. The van der Waals surface area contributed by atoms with Crippen LogP contribution in [0.4, 0.5) is 5.69 Å². The third-order valence-corrected chi connectivity index (χ3v) is 5.02. The number of aliphatic carboxylic acids is 1. The molecule has 0 bridgehead atoms. The fourth-order valence-electron chi connectivity index (χ4n) is 3.18. The predicted octanol–water partition coefficient (Wildman–Crippen LogP) is 3.05. The molecule has 4 N–H and O–H groups in total. The lowest BCUT2D eigenvalue weighted by atomic mass is 10.0. The van der Waals surface area contributed by atoms with Crippen LogP contribution in [0.5, 0.6) is 0 Å². The van der Waals surface area contributed by atoms with E-state index in [2.05, 4.69) is 0 Å². The second kappa shape index (κ2) is 8.36. The Morgan fingerprint density at radius 2 is 1.97 bits per heavy atom. The van der Waals surface area contributed by atoms with E-state index in [0.717, 1.165) is 5.56 Å². The van der Waals surface area contributed by atoms with Crippen LogP contribution in [-0.4, -0.2) is 36.5 Å². The number of nitrogens with zero attached hydrogens (tertiary/aromatic N) is 1. The Balaban J connectivity index is 1.89. The van der Waals surface area contributed by atoms with Crippen molar-refractivity contribution in [1.29, 1.82) is 5.41 Å². The second-order valence-electron chi connectivity index (χ2n) is 6.56. The molecule has 2 aromatic carbocycles. The lowest BCUT2D eigenvalue weighted by molar-refractivity contribution is -0.137. The van der Waals surface area contributed by atoms with Gasteiger partial charge in [0.1, 0.15) is 11.6 Å². The van der Waals surface area contributed by atoms with Gasteiger partial charge < -0.3 is 20.5 Å². The highest BCUT2D eigenvalue weighted by molar-refractivity contribution is 6.37. The van der Waals surface area contributed by atoms with Crippen LogP contribution in [-0.2, 0) is 20.7 Å². The van der Waals surface area contributed by atoms with Gasteiger partial charge in [-0.25, -0.2) is 0 Å². The highest BCUT2D eigenvalue weighted by Crippen LogP contribution is 2.36. The average Bonchev–Trinajstić information content (AvgIpc) is 3.02. The summed E-state index contributed by atoms with van der Waals surface area (Å²) >= 11 is 6.42. The molecule has 0 spiro atoms. The number of nitrogens with two attached hydrogens (primary N) is 1. The minimum absolute atomic E-state index is 0.00462. The Morgan fingerprint density at radius 1 is 1.28 bits per heavy atom. The van der Waals surface area contributed by atoms with Gasteiger partial charge in [0.25, 0.3) is 5.91 Å². The van der Waals surface area contributed by atoms with Crippen molar-refractivity contribution in [3.8, 4) is 0 Å². The monoisotopic (exact) mass is 413 g/mol. The van der Waals surface area contributed by atoms with Crippen molar-refractivity contribution >= 4 is 40.6 Å². The second-order valence-corrected chi connectivity index (χ2v) is 6.97. The molecule has 0 unspecified atom stereocenters. The Morgan fingerprint density at radius 3 is 2.52 bits per heavy atom. The van der Waals surface area contributed by atoms with Gasteiger partial charge in [-0.3, -0.25) is 15.0 Å². The van der Waals surface area contributed by atoms with Gasteiger partial charge in [-0.1, -0.05) is 23.7 Å². The van der Waals surface area contributed by atoms with Crippen LogP contribution in [0, 0.1) is 5.41 Å². The number of hydrogen-bond donors (Lipinski definition) is 3. The Labute approximate surface area is 172 Å². The largest absolute Gasteiger partial charge is 0.498 e. The van der Waals surface area contributed by atoms with Gasteiger partial charge in [0.15, 0.2) is 0 Å². The molecule has 1 heterocycles. The Kier molecular flexibility index (Phi) is 5.89. The molecule has 0 saturated carbocycles. The molecule has 0 saturated heterocycles. The summed E-state index contributed by atoms with van der Waals surface area (Å²) in [5.41, 5.74) is 8.39. The normalized spacial score (nSPS) is 13.7. The van der Waals surface area contributed by atoms with E-state index in [1.54, 1.807) is 47.4 Å².